The van der Waals surface area contributed by atoms with E-state index >= 15 is 0 Å². The molecule has 1 nitrogen and oxygen atoms in total. The van der Waals surface area contributed by atoms with Crippen molar-refractivity contribution in [3.8, 4) is 11.8 Å². The van der Waals surface area contributed by atoms with Crippen molar-refractivity contribution in [3.63, 3.8) is 0 Å². The van der Waals surface area contributed by atoms with Gasteiger partial charge in [-0.05, 0) is 42.9 Å². The van der Waals surface area contributed by atoms with Crippen molar-refractivity contribution in [1.29, 1.82) is 0 Å². The molecule has 2 saturated carbocycles. The standard InChI is InChI=1S/C14H23N/c1-5-6-9-15-12-10-11-7-8-14(12,4)13(11,2)3/h11-12,15H,7-10H2,1-4H3/t11?,12?,14-/m1/s1. The Morgan fingerprint density at radius 2 is 2.07 bits per heavy atom. The van der Waals surface area contributed by atoms with Crippen molar-refractivity contribution >= 4 is 0 Å². The summed E-state index contributed by atoms with van der Waals surface area (Å²) in [5, 5.41) is 3.64. The maximum atomic E-state index is 3.64. The second-order valence-corrected chi connectivity index (χ2v) is 5.97. The highest BCUT2D eigenvalue weighted by molar-refractivity contribution is 5.13. The second kappa shape index (κ2) is 3.52. The minimum absolute atomic E-state index is 0.493. The van der Waals surface area contributed by atoms with E-state index in [-0.39, 0.29) is 0 Å². The molecule has 0 aromatic rings. The molecule has 0 radical (unpaired) electrons. The predicted octanol–water partition coefficient (Wildman–Crippen LogP) is 2.81. The molecule has 0 heterocycles. The van der Waals surface area contributed by atoms with Crippen LogP contribution in [0.3, 0.4) is 0 Å². The number of fused-ring (bicyclic) bond motifs is 2. The van der Waals surface area contributed by atoms with Gasteiger partial charge in [0.1, 0.15) is 0 Å². The molecule has 2 aliphatic carbocycles. The summed E-state index contributed by atoms with van der Waals surface area (Å²) in [5.74, 6) is 7.00. The van der Waals surface area contributed by atoms with Crippen molar-refractivity contribution in [1.82, 2.24) is 5.32 Å². The molecule has 0 aromatic carbocycles. The van der Waals surface area contributed by atoms with Gasteiger partial charge in [0.05, 0.1) is 6.54 Å². The van der Waals surface area contributed by atoms with E-state index in [0.717, 1.165) is 12.5 Å². The van der Waals surface area contributed by atoms with Crippen molar-refractivity contribution in [2.45, 2.75) is 53.0 Å². The molecule has 2 bridgehead atoms. The van der Waals surface area contributed by atoms with Gasteiger partial charge in [-0.15, -0.1) is 5.92 Å². The molecule has 3 atom stereocenters. The first-order valence-electron chi connectivity index (χ1n) is 6.15. The number of hydrogen-bond acceptors (Lipinski definition) is 1. The summed E-state index contributed by atoms with van der Waals surface area (Å²) in [4.78, 5) is 0. The van der Waals surface area contributed by atoms with Gasteiger partial charge in [-0.25, -0.2) is 0 Å². The zero-order valence-electron chi connectivity index (χ0n) is 10.5. The summed E-state index contributed by atoms with van der Waals surface area (Å²) in [5.41, 5.74) is 1.01. The monoisotopic (exact) mass is 205 g/mol. The molecule has 1 heteroatoms. The summed E-state index contributed by atoms with van der Waals surface area (Å²) >= 11 is 0. The van der Waals surface area contributed by atoms with Crippen LogP contribution >= 0.6 is 0 Å². The summed E-state index contributed by atoms with van der Waals surface area (Å²) in [6, 6.07) is 0.687. The summed E-state index contributed by atoms with van der Waals surface area (Å²) < 4.78 is 0. The average Bonchev–Trinajstić information content (AvgIpc) is 2.51. The predicted molar refractivity (Wildman–Crippen MR) is 64.5 cm³/mol. The normalized spacial score (nSPS) is 41.3. The molecule has 2 fully saturated rings. The molecule has 84 valence electrons. The number of hydrogen-bond donors (Lipinski definition) is 1. The zero-order chi connectivity index (χ0) is 11.1. The molecule has 0 aromatic heterocycles. The Labute approximate surface area is 94.0 Å². The molecular weight excluding hydrogens is 182 g/mol. The fourth-order valence-electron chi connectivity index (χ4n) is 3.78. The topological polar surface area (TPSA) is 12.0 Å². The smallest absolute Gasteiger partial charge is 0.0578 e. The Hall–Kier alpha value is -0.480. The van der Waals surface area contributed by atoms with E-state index in [9.17, 15) is 0 Å². The maximum Gasteiger partial charge on any atom is 0.0578 e. The highest BCUT2D eigenvalue weighted by Crippen LogP contribution is 2.65. The summed E-state index contributed by atoms with van der Waals surface area (Å²) in [6.45, 7) is 10.2. The minimum Gasteiger partial charge on any atom is -0.303 e. The third kappa shape index (κ3) is 1.42. The Balaban J connectivity index is 2.07. The Bertz CT molecular complexity index is 307. The Morgan fingerprint density at radius 3 is 2.53 bits per heavy atom. The summed E-state index contributed by atoms with van der Waals surface area (Å²) in [7, 11) is 0. The first-order chi connectivity index (χ1) is 7.02. The second-order valence-electron chi connectivity index (χ2n) is 5.97. The average molecular weight is 205 g/mol. The lowest BCUT2D eigenvalue weighted by atomic mass is 9.69. The van der Waals surface area contributed by atoms with Gasteiger partial charge in [0, 0.05) is 6.04 Å². The molecule has 0 saturated heterocycles. The fourth-order valence-corrected chi connectivity index (χ4v) is 3.78. The lowest BCUT2D eigenvalue weighted by Gasteiger charge is -2.39. The number of nitrogens with one attached hydrogen (secondary N) is 1. The molecule has 0 spiro atoms. The van der Waals surface area contributed by atoms with Crippen molar-refractivity contribution < 1.29 is 0 Å². The molecule has 2 aliphatic rings. The van der Waals surface area contributed by atoms with Gasteiger partial charge in [-0.2, -0.15) is 0 Å². The SMILES string of the molecule is CC#CCNC1CC2CC[C@@]1(C)C2(C)C. The van der Waals surface area contributed by atoms with Crippen LogP contribution in [0.15, 0.2) is 0 Å². The van der Waals surface area contributed by atoms with Crippen LogP contribution in [0.4, 0.5) is 0 Å². The van der Waals surface area contributed by atoms with Gasteiger partial charge in [0.25, 0.3) is 0 Å². The van der Waals surface area contributed by atoms with E-state index < -0.39 is 0 Å². The third-order valence-electron chi connectivity index (χ3n) is 5.41. The van der Waals surface area contributed by atoms with E-state index in [1.54, 1.807) is 0 Å². The van der Waals surface area contributed by atoms with Crippen LogP contribution < -0.4 is 5.32 Å². The molecule has 1 N–H and O–H groups in total. The molecule has 0 aliphatic heterocycles. The first-order valence-corrected chi connectivity index (χ1v) is 6.15. The van der Waals surface area contributed by atoms with E-state index in [2.05, 4.69) is 37.9 Å². The minimum atomic E-state index is 0.493. The number of rotatable bonds is 2. The molecular formula is C14H23N. The van der Waals surface area contributed by atoms with Crippen LogP contribution in [0.5, 0.6) is 0 Å². The van der Waals surface area contributed by atoms with Gasteiger partial charge in [-0.3, -0.25) is 0 Å². The van der Waals surface area contributed by atoms with Gasteiger partial charge >= 0.3 is 0 Å². The lowest BCUT2D eigenvalue weighted by Crippen LogP contribution is -2.44. The Kier molecular flexibility index (Phi) is 2.59. The van der Waals surface area contributed by atoms with Gasteiger partial charge < -0.3 is 5.32 Å². The van der Waals surface area contributed by atoms with Gasteiger partial charge in [0.15, 0.2) is 0 Å². The van der Waals surface area contributed by atoms with Crippen LogP contribution in [-0.4, -0.2) is 12.6 Å². The van der Waals surface area contributed by atoms with E-state index in [4.69, 9.17) is 0 Å². The highest BCUT2D eigenvalue weighted by Gasteiger charge is 2.60. The zero-order valence-corrected chi connectivity index (χ0v) is 10.5. The maximum absolute atomic E-state index is 3.64. The van der Waals surface area contributed by atoms with Crippen molar-refractivity contribution in [3.05, 3.63) is 0 Å². The largest absolute Gasteiger partial charge is 0.303 e. The van der Waals surface area contributed by atoms with Gasteiger partial charge in [-0.1, -0.05) is 26.7 Å². The highest BCUT2D eigenvalue weighted by atomic mass is 15.0. The van der Waals surface area contributed by atoms with E-state index in [1.807, 2.05) is 6.92 Å². The van der Waals surface area contributed by atoms with E-state index in [0.29, 0.717) is 16.9 Å². The van der Waals surface area contributed by atoms with Crippen LogP contribution in [-0.2, 0) is 0 Å². The van der Waals surface area contributed by atoms with Crippen LogP contribution in [0.1, 0.15) is 47.0 Å². The van der Waals surface area contributed by atoms with Gasteiger partial charge in [0.2, 0.25) is 0 Å². The van der Waals surface area contributed by atoms with E-state index in [1.165, 1.54) is 19.3 Å². The van der Waals surface area contributed by atoms with Crippen LogP contribution in [0, 0.1) is 28.6 Å². The molecule has 2 unspecified atom stereocenters. The summed E-state index contributed by atoms with van der Waals surface area (Å²) in [6.07, 6.45) is 4.18. The molecule has 0 amide bonds. The first kappa shape index (κ1) is 11.0. The lowest BCUT2D eigenvalue weighted by molar-refractivity contribution is 0.123. The fraction of sp³-hybridized carbons (Fsp3) is 0.857. The Morgan fingerprint density at radius 1 is 1.33 bits per heavy atom. The van der Waals surface area contributed by atoms with Crippen LogP contribution in [0.2, 0.25) is 0 Å². The third-order valence-corrected chi connectivity index (χ3v) is 5.41. The quantitative estimate of drug-likeness (QED) is 0.684. The molecule has 15 heavy (non-hydrogen) atoms. The van der Waals surface area contributed by atoms with Crippen molar-refractivity contribution in [2.24, 2.45) is 16.7 Å². The molecule has 2 rings (SSSR count). The van der Waals surface area contributed by atoms with Crippen LogP contribution in [0.25, 0.3) is 0 Å². The van der Waals surface area contributed by atoms with Crippen molar-refractivity contribution in [2.75, 3.05) is 6.54 Å².